The molecule has 0 bridgehead atoms. The first-order valence-electron chi connectivity index (χ1n) is 18.5. The highest BCUT2D eigenvalue weighted by molar-refractivity contribution is 6.23. The van der Waals surface area contributed by atoms with E-state index in [9.17, 15) is 0 Å². The molecule has 11 rings (SSSR count). The van der Waals surface area contributed by atoms with Crippen LogP contribution in [0.3, 0.4) is 0 Å². The number of aromatic nitrogens is 1. The van der Waals surface area contributed by atoms with Crippen molar-refractivity contribution < 1.29 is 8.83 Å². The molecule has 0 fully saturated rings. The van der Waals surface area contributed by atoms with Crippen LogP contribution in [-0.4, -0.2) is 4.98 Å². The zero-order valence-corrected chi connectivity index (χ0v) is 29.7. The highest BCUT2D eigenvalue weighted by atomic mass is 16.3. The molecule has 4 nitrogen and oxygen atoms in total. The molecule has 0 saturated carbocycles. The molecule has 0 aliphatic heterocycles. The van der Waals surface area contributed by atoms with Crippen LogP contribution in [0, 0.1) is 0 Å². The maximum Gasteiger partial charge on any atom is 0.227 e. The Morgan fingerprint density at radius 3 is 1.65 bits per heavy atom. The third kappa shape index (κ3) is 5.19. The van der Waals surface area contributed by atoms with Crippen LogP contribution in [0.25, 0.3) is 88.3 Å². The Balaban J connectivity index is 1.04. The molecule has 0 spiro atoms. The van der Waals surface area contributed by atoms with E-state index < -0.39 is 0 Å². The van der Waals surface area contributed by atoms with Crippen molar-refractivity contribution >= 4 is 71.6 Å². The molecule has 0 aliphatic rings. The summed E-state index contributed by atoms with van der Waals surface area (Å²) in [6.07, 6.45) is 0. The standard InChI is InChI=1S/C51H32N2O2/c1-3-12-33(13-4-1)34-22-27-38(28-23-34)53(45-19-11-21-47-48(45)43-18-9-10-20-46(43)54-47)39-29-24-35(25-30-39)37-26-31-41-44(32-37)40-16-7-8-17-42(40)50-49(41)52-51(55-50)36-14-5-2-6-15-36/h1-32H. The highest BCUT2D eigenvalue weighted by Gasteiger charge is 2.20. The Bertz CT molecular complexity index is 3180. The van der Waals surface area contributed by atoms with Gasteiger partial charge in [-0.05, 0) is 93.7 Å². The van der Waals surface area contributed by atoms with Crippen LogP contribution in [0.1, 0.15) is 0 Å². The van der Waals surface area contributed by atoms with E-state index in [2.05, 4.69) is 157 Å². The summed E-state index contributed by atoms with van der Waals surface area (Å²) in [5.41, 5.74) is 12.2. The summed E-state index contributed by atoms with van der Waals surface area (Å²) in [4.78, 5) is 7.37. The van der Waals surface area contributed by atoms with Crippen molar-refractivity contribution in [2.45, 2.75) is 0 Å². The molecule has 0 amide bonds. The van der Waals surface area contributed by atoms with E-state index in [0.717, 1.165) is 88.3 Å². The Kier molecular flexibility index (Phi) is 7.14. The lowest BCUT2D eigenvalue weighted by Gasteiger charge is -2.26. The number of fused-ring (bicyclic) bond motifs is 9. The van der Waals surface area contributed by atoms with Crippen molar-refractivity contribution in [3.05, 3.63) is 194 Å². The van der Waals surface area contributed by atoms with E-state index in [-0.39, 0.29) is 0 Å². The Morgan fingerprint density at radius 1 is 0.364 bits per heavy atom. The first-order valence-corrected chi connectivity index (χ1v) is 18.5. The zero-order valence-electron chi connectivity index (χ0n) is 29.7. The van der Waals surface area contributed by atoms with Crippen LogP contribution in [0.5, 0.6) is 0 Å². The maximum atomic E-state index is 6.45. The molecule has 0 radical (unpaired) electrons. The SMILES string of the molecule is c1ccc(-c2ccc(N(c3ccc(-c4ccc5c(c4)c4ccccc4c4oc(-c6ccccc6)nc54)cc3)c3cccc4oc5ccccc5c34)cc2)cc1. The second-order valence-electron chi connectivity index (χ2n) is 13.9. The van der Waals surface area contributed by atoms with E-state index in [1.165, 1.54) is 11.1 Å². The summed E-state index contributed by atoms with van der Waals surface area (Å²) in [5.74, 6) is 0.631. The largest absolute Gasteiger partial charge is 0.456 e. The Morgan fingerprint density at radius 2 is 0.927 bits per heavy atom. The van der Waals surface area contributed by atoms with Crippen LogP contribution in [-0.2, 0) is 0 Å². The van der Waals surface area contributed by atoms with Crippen LogP contribution in [0.15, 0.2) is 203 Å². The zero-order chi connectivity index (χ0) is 36.3. The van der Waals surface area contributed by atoms with Gasteiger partial charge in [-0.1, -0.05) is 133 Å². The third-order valence-electron chi connectivity index (χ3n) is 10.7. The van der Waals surface area contributed by atoms with Crippen molar-refractivity contribution in [3.8, 4) is 33.7 Å². The molecular weight excluding hydrogens is 673 g/mol. The van der Waals surface area contributed by atoms with Crippen molar-refractivity contribution in [2.24, 2.45) is 0 Å². The smallest absolute Gasteiger partial charge is 0.227 e. The summed E-state index contributed by atoms with van der Waals surface area (Å²) in [7, 11) is 0. The number of rotatable bonds is 6. The van der Waals surface area contributed by atoms with Gasteiger partial charge in [0.25, 0.3) is 0 Å². The van der Waals surface area contributed by atoms with Crippen molar-refractivity contribution in [1.29, 1.82) is 0 Å². The van der Waals surface area contributed by atoms with E-state index in [1.54, 1.807) is 0 Å². The molecule has 0 atom stereocenters. The van der Waals surface area contributed by atoms with E-state index >= 15 is 0 Å². The second-order valence-corrected chi connectivity index (χ2v) is 13.9. The van der Waals surface area contributed by atoms with Gasteiger partial charge < -0.3 is 13.7 Å². The molecular formula is C51H32N2O2. The average Bonchev–Trinajstić information content (AvgIpc) is 3.89. The third-order valence-corrected chi connectivity index (χ3v) is 10.7. The summed E-state index contributed by atoms with van der Waals surface area (Å²) in [5, 5.41) is 6.61. The lowest BCUT2D eigenvalue weighted by molar-refractivity contribution is 0.623. The fraction of sp³-hybridized carbons (Fsp3) is 0. The number of furan rings is 1. The lowest BCUT2D eigenvalue weighted by atomic mass is 9.96. The maximum absolute atomic E-state index is 6.45. The van der Waals surface area contributed by atoms with Gasteiger partial charge in [0, 0.05) is 33.1 Å². The van der Waals surface area contributed by atoms with Gasteiger partial charge in [0.15, 0.2) is 5.58 Å². The predicted octanol–water partition coefficient (Wildman–Crippen LogP) is 14.5. The number of anilines is 3. The van der Waals surface area contributed by atoms with E-state index in [4.69, 9.17) is 13.8 Å². The topological polar surface area (TPSA) is 42.4 Å². The summed E-state index contributed by atoms with van der Waals surface area (Å²) < 4.78 is 12.8. The fourth-order valence-corrected chi connectivity index (χ4v) is 8.06. The van der Waals surface area contributed by atoms with E-state index in [0.29, 0.717) is 5.89 Å². The summed E-state index contributed by atoms with van der Waals surface area (Å²) in [6, 6.07) is 68.0. The van der Waals surface area contributed by atoms with Crippen molar-refractivity contribution in [3.63, 3.8) is 0 Å². The van der Waals surface area contributed by atoms with Gasteiger partial charge in [-0.2, -0.15) is 0 Å². The molecule has 9 aromatic carbocycles. The molecule has 4 heteroatoms. The molecule has 2 aromatic heterocycles. The van der Waals surface area contributed by atoms with Gasteiger partial charge in [-0.15, -0.1) is 0 Å². The quantitative estimate of drug-likeness (QED) is 0.162. The van der Waals surface area contributed by atoms with Crippen molar-refractivity contribution in [2.75, 3.05) is 4.90 Å². The molecule has 0 N–H and O–H groups in total. The van der Waals surface area contributed by atoms with Gasteiger partial charge in [0.2, 0.25) is 5.89 Å². The predicted molar refractivity (Wildman–Crippen MR) is 227 cm³/mol. The molecule has 2 heterocycles. The van der Waals surface area contributed by atoms with Crippen LogP contribution in [0.2, 0.25) is 0 Å². The van der Waals surface area contributed by atoms with Crippen LogP contribution < -0.4 is 4.90 Å². The number of benzene rings is 9. The minimum Gasteiger partial charge on any atom is -0.456 e. The minimum absolute atomic E-state index is 0.631. The number of para-hydroxylation sites is 1. The monoisotopic (exact) mass is 704 g/mol. The minimum atomic E-state index is 0.631. The number of nitrogens with zero attached hydrogens (tertiary/aromatic N) is 2. The first-order chi connectivity index (χ1) is 27.3. The van der Waals surface area contributed by atoms with Gasteiger partial charge in [0.05, 0.1) is 11.1 Å². The van der Waals surface area contributed by atoms with Gasteiger partial charge in [-0.25, -0.2) is 4.98 Å². The fourth-order valence-electron chi connectivity index (χ4n) is 8.06. The molecule has 55 heavy (non-hydrogen) atoms. The van der Waals surface area contributed by atoms with Crippen molar-refractivity contribution in [1.82, 2.24) is 4.98 Å². The summed E-state index contributed by atoms with van der Waals surface area (Å²) in [6.45, 7) is 0. The Hall–Kier alpha value is -7.43. The Labute approximate surface area is 317 Å². The van der Waals surface area contributed by atoms with Crippen LogP contribution >= 0.6 is 0 Å². The lowest BCUT2D eigenvalue weighted by Crippen LogP contribution is -2.10. The number of hydrogen-bond acceptors (Lipinski definition) is 4. The molecule has 0 unspecified atom stereocenters. The van der Waals surface area contributed by atoms with Gasteiger partial charge in [-0.3, -0.25) is 0 Å². The normalized spacial score (nSPS) is 11.6. The van der Waals surface area contributed by atoms with Gasteiger partial charge in [0.1, 0.15) is 16.7 Å². The van der Waals surface area contributed by atoms with E-state index in [1.807, 2.05) is 42.5 Å². The number of hydrogen-bond donors (Lipinski definition) is 0. The molecule has 258 valence electrons. The van der Waals surface area contributed by atoms with Crippen LogP contribution in [0.4, 0.5) is 17.1 Å². The number of oxazole rings is 1. The molecule has 0 saturated heterocycles. The summed E-state index contributed by atoms with van der Waals surface area (Å²) >= 11 is 0. The average molecular weight is 705 g/mol. The second kappa shape index (κ2) is 12.6. The van der Waals surface area contributed by atoms with Gasteiger partial charge >= 0.3 is 0 Å². The molecule has 11 aromatic rings. The first kappa shape index (κ1) is 31.1. The molecule has 0 aliphatic carbocycles. The highest BCUT2D eigenvalue weighted by Crippen LogP contribution is 2.44.